The van der Waals surface area contributed by atoms with Gasteiger partial charge in [0.05, 0.1) is 24.4 Å². The van der Waals surface area contributed by atoms with E-state index in [1.54, 1.807) is 0 Å². The van der Waals surface area contributed by atoms with E-state index in [-0.39, 0.29) is 24.5 Å². The van der Waals surface area contributed by atoms with Crippen molar-refractivity contribution < 1.29 is 24.2 Å². The van der Waals surface area contributed by atoms with E-state index in [9.17, 15) is 14.4 Å². The molecular formula is C13H22N2O5. The average Bonchev–Trinajstić information content (AvgIpc) is 2.30. The van der Waals surface area contributed by atoms with Crippen molar-refractivity contribution in [3.8, 4) is 0 Å². The molecule has 1 rings (SSSR count). The summed E-state index contributed by atoms with van der Waals surface area (Å²) >= 11 is 0. The van der Waals surface area contributed by atoms with Gasteiger partial charge in [-0.05, 0) is 19.3 Å². The monoisotopic (exact) mass is 286 g/mol. The zero-order valence-corrected chi connectivity index (χ0v) is 11.6. The van der Waals surface area contributed by atoms with Crippen molar-refractivity contribution in [2.45, 2.75) is 51.1 Å². The Morgan fingerprint density at radius 1 is 1.40 bits per heavy atom. The quantitative estimate of drug-likeness (QED) is 0.541. The lowest BCUT2D eigenvalue weighted by atomic mass is 9.86. The van der Waals surface area contributed by atoms with Gasteiger partial charge in [-0.3, -0.25) is 14.4 Å². The molecule has 0 aromatic carbocycles. The van der Waals surface area contributed by atoms with Gasteiger partial charge < -0.3 is 20.9 Å². The molecule has 1 fully saturated rings. The molecule has 2 atom stereocenters. The number of nitrogens with one attached hydrogen (secondary N) is 1. The van der Waals surface area contributed by atoms with E-state index in [1.165, 1.54) is 0 Å². The molecule has 0 aromatic heterocycles. The van der Waals surface area contributed by atoms with Crippen LogP contribution in [0.25, 0.3) is 0 Å². The van der Waals surface area contributed by atoms with Gasteiger partial charge in [-0.1, -0.05) is 13.3 Å². The Labute approximate surface area is 117 Å². The third-order valence-electron chi connectivity index (χ3n) is 3.44. The smallest absolute Gasteiger partial charge is 0.309 e. The van der Waals surface area contributed by atoms with E-state index >= 15 is 0 Å². The molecule has 7 heteroatoms. The van der Waals surface area contributed by atoms with E-state index in [0.29, 0.717) is 6.42 Å². The summed E-state index contributed by atoms with van der Waals surface area (Å²) in [6, 6.07) is -1.43. The summed E-state index contributed by atoms with van der Waals surface area (Å²) in [6.45, 7) is 1.93. The normalized spacial score (nSPS) is 17.7. The molecule has 7 nitrogen and oxygen atoms in total. The van der Waals surface area contributed by atoms with Crippen LogP contribution in [0.5, 0.6) is 0 Å². The van der Waals surface area contributed by atoms with Gasteiger partial charge in [-0.2, -0.15) is 0 Å². The molecule has 20 heavy (non-hydrogen) atoms. The van der Waals surface area contributed by atoms with Gasteiger partial charge in [-0.25, -0.2) is 0 Å². The van der Waals surface area contributed by atoms with E-state index in [4.69, 9.17) is 15.6 Å². The summed E-state index contributed by atoms with van der Waals surface area (Å²) in [5, 5.41) is 11.2. The van der Waals surface area contributed by atoms with Crippen molar-refractivity contribution in [3.63, 3.8) is 0 Å². The molecule has 114 valence electrons. The second kappa shape index (κ2) is 7.84. The average molecular weight is 286 g/mol. The van der Waals surface area contributed by atoms with Crippen molar-refractivity contribution in [2.24, 2.45) is 11.7 Å². The minimum absolute atomic E-state index is 0.00234. The minimum Gasteiger partial charge on any atom is -0.481 e. The van der Waals surface area contributed by atoms with Crippen molar-refractivity contribution in [1.82, 2.24) is 5.32 Å². The van der Waals surface area contributed by atoms with E-state index in [2.05, 4.69) is 5.32 Å². The van der Waals surface area contributed by atoms with Gasteiger partial charge in [0, 0.05) is 0 Å². The van der Waals surface area contributed by atoms with Crippen molar-refractivity contribution in [3.05, 3.63) is 0 Å². The van der Waals surface area contributed by atoms with E-state index < -0.39 is 24.3 Å². The summed E-state index contributed by atoms with van der Waals surface area (Å²) in [5.41, 5.74) is 5.46. The Hall–Kier alpha value is -1.63. The number of hydrogen-bond donors (Lipinski definition) is 3. The van der Waals surface area contributed by atoms with Crippen LogP contribution in [-0.2, 0) is 19.1 Å². The number of carbonyl (C=O) groups excluding carboxylic acids is 2. The van der Waals surface area contributed by atoms with Crippen LogP contribution >= 0.6 is 0 Å². The molecule has 0 spiro atoms. The molecule has 1 amide bonds. The number of hydrogen-bond acceptors (Lipinski definition) is 5. The number of nitrogens with two attached hydrogens (primary N) is 1. The number of esters is 1. The van der Waals surface area contributed by atoms with Crippen LogP contribution in [0.4, 0.5) is 0 Å². The molecular weight excluding hydrogens is 264 g/mol. The first-order valence-corrected chi connectivity index (χ1v) is 6.88. The highest BCUT2D eigenvalue weighted by atomic mass is 16.5. The van der Waals surface area contributed by atoms with Crippen LogP contribution in [0.3, 0.4) is 0 Å². The topological polar surface area (TPSA) is 119 Å². The number of carbonyl (C=O) groups is 3. The Kier molecular flexibility index (Phi) is 6.44. The fourth-order valence-corrected chi connectivity index (χ4v) is 1.80. The molecule has 0 saturated heterocycles. The number of ether oxygens (including phenoxy) is 1. The Bertz CT molecular complexity index is 368. The summed E-state index contributed by atoms with van der Waals surface area (Å²) in [7, 11) is 0. The first kappa shape index (κ1) is 16.4. The maximum absolute atomic E-state index is 11.7. The zero-order chi connectivity index (χ0) is 15.1. The Morgan fingerprint density at radius 2 is 2.05 bits per heavy atom. The summed E-state index contributed by atoms with van der Waals surface area (Å²) in [6.07, 6.45) is 2.93. The maximum atomic E-state index is 11.7. The van der Waals surface area contributed by atoms with Gasteiger partial charge in [0.15, 0.2) is 0 Å². The van der Waals surface area contributed by atoms with Gasteiger partial charge in [-0.15, -0.1) is 0 Å². The van der Waals surface area contributed by atoms with Crippen LogP contribution in [0.1, 0.15) is 39.0 Å². The van der Waals surface area contributed by atoms with Gasteiger partial charge >= 0.3 is 11.9 Å². The SMILES string of the molecule is CC[C@@H](COC(=O)C1CCC1)NC(=O)[C@H](N)CC(=O)O. The van der Waals surface area contributed by atoms with Gasteiger partial charge in [0.25, 0.3) is 0 Å². The lowest BCUT2D eigenvalue weighted by Crippen LogP contribution is -2.48. The molecule has 0 aliphatic heterocycles. The number of rotatable bonds is 8. The van der Waals surface area contributed by atoms with Crippen molar-refractivity contribution in [1.29, 1.82) is 0 Å². The highest BCUT2D eigenvalue weighted by molar-refractivity contribution is 5.86. The third-order valence-corrected chi connectivity index (χ3v) is 3.44. The lowest BCUT2D eigenvalue weighted by Gasteiger charge is -2.25. The number of carboxylic acid groups (broad SMARTS) is 1. The highest BCUT2D eigenvalue weighted by Gasteiger charge is 2.27. The molecule has 0 bridgehead atoms. The summed E-state index contributed by atoms with van der Waals surface area (Å²) in [4.78, 5) is 33.7. The van der Waals surface area contributed by atoms with Crippen molar-refractivity contribution >= 4 is 17.8 Å². The third kappa shape index (κ3) is 5.16. The minimum atomic E-state index is -1.13. The standard InChI is InChI=1S/C13H22N2O5/c1-2-9(7-20-13(19)8-4-3-5-8)15-12(18)10(14)6-11(16)17/h8-10H,2-7,14H2,1H3,(H,15,18)(H,16,17)/t9-,10+/m0/s1. The van der Waals surface area contributed by atoms with E-state index in [0.717, 1.165) is 19.3 Å². The maximum Gasteiger partial charge on any atom is 0.309 e. The van der Waals surface area contributed by atoms with E-state index in [1.807, 2.05) is 6.92 Å². The summed E-state index contributed by atoms with van der Waals surface area (Å²) in [5.74, 6) is -1.90. The molecule has 0 aromatic rings. The van der Waals surface area contributed by atoms with Crippen LogP contribution in [-0.4, -0.2) is 41.6 Å². The first-order chi connectivity index (χ1) is 9.43. The predicted molar refractivity (Wildman–Crippen MR) is 70.7 cm³/mol. The Balaban J connectivity index is 2.32. The molecule has 4 N–H and O–H groups in total. The van der Waals surface area contributed by atoms with Gasteiger partial charge in [0.1, 0.15) is 6.61 Å². The number of carboxylic acids is 1. The Morgan fingerprint density at radius 3 is 2.50 bits per heavy atom. The number of aliphatic carboxylic acids is 1. The van der Waals surface area contributed by atoms with Crippen molar-refractivity contribution in [2.75, 3.05) is 6.61 Å². The fraction of sp³-hybridized carbons (Fsp3) is 0.769. The zero-order valence-electron chi connectivity index (χ0n) is 11.6. The molecule has 0 unspecified atom stereocenters. The van der Waals surface area contributed by atoms with Crippen LogP contribution in [0.2, 0.25) is 0 Å². The first-order valence-electron chi connectivity index (χ1n) is 6.88. The lowest BCUT2D eigenvalue weighted by molar-refractivity contribution is -0.152. The molecule has 1 aliphatic carbocycles. The van der Waals surface area contributed by atoms with Gasteiger partial charge in [0.2, 0.25) is 5.91 Å². The fourth-order valence-electron chi connectivity index (χ4n) is 1.80. The molecule has 0 heterocycles. The molecule has 0 radical (unpaired) electrons. The number of amides is 1. The predicted octanol–water partition coefficient (Wildman–Crippen LogP) is 0.0265. The molecule has 1 aliphatic rings. The van der Waals surface area contributed by atoms with Crippen LogP contribution in [0, 0.1) is 5.92 Å². The van der Waals surface area contributed by atoms with Crippen LogP contribution < -0.4 is 11.1 Å². The summed E-state index contributed by atoms with van der Waals surface area (Å²) < 4.78 is 5.15. The second-order valence-electron chi connectivity index (χ2n) is 5.08. The second-order valence-corrected chi connectivity index (χ2v) is 5.08. The highest BCUT2D eigenvalue weighted by Crippen LogP contribution is 2.27. The molecule has 1 saturated carbocycles. The largest absolute Gasteiger partial charge is 0.481 e. The van der Waals surface area contributed by atoms with Crippen LogP contribution in [0.15, 0.2) is 0 Å².